The van der Waals surface area contributed by atoms with Gasteiger partial charge in [0.2, 0.25) is 0 Å². The number of ether oxygens (including phenoxy) is 2. The van der Waals surface area contributed by atoms with Crippen molar-refractivity contribution in [2.75, 3.05) is 0 Å². The number of fused-ring (bicyclic) bond motifs is 2. The number of aryl methyl sites for hydroxylation is 2. The zero-order chi connectivity index (χ0) is 21.4. The van der Waals surface area contributed by atoms with E-state index in [1.165, 1.54) is 33.4 Å². The van der Waals surface area contributed by atoms with E-state index in [4.69, 9.17) is 20.9 Å². The molecule has 0 saturated heterocycles. The zero-order valence-corrected chi connectivity index (χ0v) is 18.7. The van der Waals surface area contributed by atoms with Gasteiger partial charge in [0.05, 0.1) is 37.5 Å². The lowest BCUT2D eigenvalue weighted by Gasteiger charge is -2.36. The smallest absolute Gasteiger partial charge is 0.0797 e. The van der Waals surface area contributed by atoms with Crippen LogP contribution in [0.25, 0.3) is 0 Å². The molecule has 162 valence electrons. The summed E-state index contributed by atoms with van der Waals surface area (Å²) in [4.78, 5) is 0. The molecule has 2 heterocycles. The summed E-state index contributed by atoms with van der Waals surface area (Å²) in [7, 11) is 0. The molecule has 0 aliphatic carbocycles. The van der Waals surface area contributed by atoms with Crippen molar-refractivity contribution in [1.82, 2.24) is 0 Å². The molecular weight excluding hydrogens is 372 g/mol. The van der Waals surface area contributed by atoms with Crippen LogP contribution < -0.4 is 11.5 Å². The van der Waals surface area contributed by atoms with Crippen molar-refractivity contribution in [3.8, 4) is 0 Å². The third-order valence-corrected chi connectivity index (χ3v) is 6.91. The quantitative estimate of drug-likeness (QED) is 0.751. The number of benzene rings is 2. The van der Waals surface area contributed by atoms with Crippen LogP contribution in [-0.2, 0) is 29.1 Å². The lowest BCUT2D eigenvalue weighted by atomic mass is 9.84. The van der Waals surface area contributed by atoms with Crippen molar-refractivity contribution in [1.29, 1.82) is 0 Å². The summed E-state index contributed by atoms with van der Waals surface area (Å²) < 4.78 is 12.2. The molecule has 30 heavy (non-hydrogen) atoms. The topological polar surface area (TPSA) is 70.5 Å². The fourth-order valence-electron chi connectivity index (χ4n) is 5.01. The lowest BCUT2D eigenvalue weighted by molar-refractivity contribution is -0.0260. The van der Waals surface area contributed by atoms with Gasteiger partial charge in [0, 0.05) is 0 Å². The number of hydrogen-bond donors (Lipinski definition) is 2. The predicted octanol–water partition coefficient (Wildman–Crippen LogP) is 4.72. The molecule has 0 radical (unpaired) electrons. The first-order valence-corrected chi connectivity index (χ1v) is 11.3. The highest BCUT2D eigenvalue weighted by Gasteiger charge is 2.32. The second kappa shape index (κ2) is 8.80. The highest BCUT2D eigenvalue weighted by molar-refractivity contribution is 5.37. The average Bonchev–Trinajstić information content (AvgIpc) is 2.73. The van der Waals surface area contributed by atoms with Crippen LogP contribution in [0.1, 0.15) is 72.7 Å². The Morgan fingerprint density at radius 2 is 1.47 bits per heavy atom. The van der Waals surface area contributed by atoms with Crippen molar-refractivity contribution >= 4 is 0 Å². The predicted molar refractivity (Wildman–Crippen MR) is 121 cm³/mol. The standard InChI is InChI=1S/C26H36N2O2/c1-15(2)25-23(27)22-12-18(8-10-20(22)13-29-25)7-6-17(4)26-24(28)21-11-16(3)5-9-19(21)14-30-26/h5,8-12,15,17,23-26H,6-7,13-14,27-28H2,1-4H3/t17-,23?,24?,25-,26?/m1/s1. The van der Waals surface area contributed by atoms with Crippen molar-refractivity contribution < 1.29 is 9.47 Å². The van der Waals surface area contributed by atoms with E-state index in [-0.39, 0.29) is 24.3 Å². The van der Waals surface area contributed by atoms with E-state index >= 15 is 0 Å². The van der Waals surface area contributed by atoms with Crippen molar-refractivity contribution in [3.63, 3.8) is 0 Å². The molecule has 0 saturated carbocycles. The van der Waals surface area contributed by atoms with Gasteiger partial charge in [-0.25, -0.2) is 0 Å². The fourth-order valence-corrected chi connectivity index (χ4v) is 5.01. The van der Waals surface area contributed by atoms with Crippen LogP contribution in [0.3, 0.4) is 0 Å². The van der Waals surface area contributed by atoms with E-state index in [0.717, 1.165) is 12.8 Å². The van der Waals surface area contributed by atoms with Gasteiger partial charge in [0.15, 0.2) is 0 Å². The largest absolute Gasteiger partial charge is 0.371 e. The summed E-state index contributed by atoms with van der Waals surface area (Å²) in [5.41, 5.74) is 20.7. The van der Waals surface area contributed by atoms with Crippen molar-refractivity contribution in [3.05, 3.63) is 69.8 Å². The molecule has 4 rings (SSSR count). The second-order valence-corrected chi connectivity index (χ2v) is 9.60. The third-order valence-electron chi connectivity index (χ3n) is 6.91. The monoisotopic (exact) mass is 408 g/mol. The van der Waals surface area contributed by atoms with Gasteiger partial charge in [-0.3, -0.25) is 0 Å². The molecule has 0 bridgehead atoms. The summed E-state index contributed by atoms with van der Waals surface area (Å²) in [5.74, 6) is 0.790. The Bertz CT molecular complexity index is 895. The maximum atomic E-state index is 6.63. The Labute approximate surface area is 180 Å². The number of rotatable bonds is 5. The van der Waals surface area contributed by atoms with E-state index in [1.54, 1.807) is 0 Å². The van der Waals surface area contributed by atoms with E-state index in [1.807, 2.05) is 0 Å². The van der Waals surface area contributed by atoms with E-state index in [0.29, 0.717) is 25.0 Å². The molecular formula is C26H36N2O2. The number of hydrogen-bond acceptors (Lipinski definition) is 4. The maximum absolute atomic E-state index is 6.63. The molecule has 0 amide bonds. The first-order chi connectivity index (χ1) is 14.3. The summed E-state index contributed by atoms with van der Waals surface area (Å²) in [6, 6.07) is 13.1. The molecule has 2 aliphatic heterocycles. The molecule has 2 aromatic carbocycles. The number of nitrogens with two attached hydrogens (primary N) is 2. The van der Waals surface area contributed by atoms with E-state index in [2.05, 4.69) is 64.1 Å². The summed E-state index contributed by atoms with van der Waals surface area (Å²) >= 11 is 0. The minimum Gasteiger partial charge on any atom is -0.371 e. The Morgan fingerprint density at radius 3 is 2.17 bits per heavy atom. The fraction of sp³-hybridized carbons (Fsp3) is 0.538. The van der Waals surface area contributed by atoms with Gasteiger partial charge < -0.3 is 20.9 Å². The van der Waals surface area contributed by atoms with Crippen LogP contribution in [0.15, 0.2) is 36.4 Å². The Hall–Kier alpha value is -1.72. The second-order valence-electron chi connectivity index (χ2n) is 9.60. The van der Waals surface area contributed by atoms with Gasteiger partial charge in [0.25, 0.3) is 0 Å². The molecule has 0 spiro atoms. The molecule has 0 aromatic heterocycles. The molecule has 2 aliphatic rings. The van der Waals surface area contributed by atoms with Gasteiger partial charge >= 0.3 is 0 Å². The molecule has 4 heteroatoms. The van der Waals surface area contributed by atoms with Crippen LogP contribution in [0.5, 0.6) is 0 Å². The summed E-state index contributed by atoms with van der Waals surface area (Å²) in [6.45, 7) is 10.0. The van der Waals surface area contributed by atoms with E-state index < -0.39 is 0 Å². The minimum atomic E-state index is -0.0652. The first-order valence-electron chi connectivity index (χ1n) is 11.3. The minimum absolute atomic E-state index is 0.0536. The molecule has 2 aromatic rings. The molecule has 4 N–H and O–H groups in total. The maximum Gasteiger partial charge on any atom is 0.0797 e. The summed E-state index contributed by atoms with van der Waals surface area (Å²) in [5, 5.41) is 0. The van der Waals surface area contributed by atoms with Crippen molar-refractivity contribution in [2.45, 2.75) is 78.0 Å². The summed E-state index contributed by atoms with van der Waals surface area (Å²) in [6.07, 6.45) is 2.18. The Balaban J connectivity index is 1.43. The first kappa shape index (κ1) is 21.5. The molecule has 0 fully saturated rings. The highest BCUT2D eigenvalue weighted by atomic mass is 16.5. The van der Waals surface area contributed by atoms with Gasteiger partial charge in [-0.05, 0) is 59.4 Å². The normalized spacial score (nSPS) is 26.9. The van der Waals surface area contributed by atoms with Gasteiger partial charge in [-0.2, -0.15) is 0 Å². The average molecular weight is 409 g/mol. The third kappa shape index (κ3) is 4.19. The zero-order valence-electron chi connectivity index (χ0n) is 18.7. The Morgan fingerprint density at radius 1 is 0.867 bits per heavy atom. The van der Waals surface area contributed by atoms with Gasteiger partial charge in [-0.1, -0.05) is 62.7 Å². The van der Waals surface area contributed by atoms with Crippen LogP contribution in [0.4, 0.5) is 0 Å². The van der Waals surface area contributed by atoms with E-state index in [9.17, 15) is 0 Å². The SMILES string of the molecule is Cc1ccc2c(c1)C(N)C([C@H](C)CCc1ccc3c(c1)C(N)[C@@H](C(C)C)OC3)OC2. The lowest BCUT2D eigenvalue weighted by Crippen LogP contribution is -2.38. The molecule has 5 atom stereocenters. The van der Waals surface area contributed by atoms with Gasteiger partial charge in [-0.15, -0.1) is 0 Å². The van der Waals surface area contributed by atoms with Crippen LogP contribution in [0.2, 0.25) is 0 Å². The van der Waals surface area contributed by atoms with Gasteiger partial charge in [0.1, 0.15) is 0 Å². The van der Waals surface area contributed by atoms with Crippen molar-refractivity contribution in [2.24, 2.45) is 23.3 Å². The molecule has 4 nitrogen and oxygen atoms in total. The Kier molecular flexibility index (Phi) is 6.31. The highest BCUT2D eigenvalue weighted by Crippen LogP contribution is 2.35. The van der Waals surface area contributed by atoms with Crippen LogP contribution in [0, 0.1) is 18.8 Å². The molecule has 3 unspecified atom stereocenters. The van der Waals surface area contributed by atoms with Crippen LogP contribution >= 0.6 is 0 Å². The van der Waals surface area contributed by atoms with Crippen LogP contribution in [-0.4, -0.2) is 12.2 Å².